The van der Waals surface area contributed by atoms with Crippen molar-refractivity contribution < 1.29 is 0 Å². The number of nitrogens with one attached hydrogen (secondary N) is 1. The minimum atomic E-state index is 0.390. The summed E-state index contributed by atoms with van der Waals surface area (Å²) < 4.78 is 2.00. The molecule has 2 unspecified atom stereocenters. The SMILES string of the molecule is CCCNC(CC1CN(C)CCN1C)c1ccnn1C. The predicted molar refractivity (Wildman–Crippen MR) is 82.8 cm³/mol. The van der Waals surface area contributed by atoms with E-state index in [-0.39, 0.29) is 0 Å². The first-order valence-electron chi connectivity index (χ1n) is 7.72. The van der Waals surface area contributed by atoms with Gasteiger partial charge in [0.1, 0.15) is 0 Å². The summed E-state index contributed by atoms with van der Waals surface area (Å²) >= 11 is 0. The van der Waals surface area contributed by atoms with Crippen LogP contribution in [0.4, 0.5) is 0 Å². The van der Waals surface area contributed by atoms with Gasteiger partial charge in [0.25, 0.3) is 0 Å². The van der Waals surface area contributed by atoms with Gasteiger partial charge in [0.15, 0.2) is 0 Å². The normalized spacial score (nSPS) is 23.1. The van der Waals surface area contributed by atoms with Crippen molar-refractivity contribution in [2.24, 2.45) is 7.05 Å². The zero-order chi connectivity index (χ0) is 14.5. The lowest BCUT2D eigenvalue weighted by Crippen LogP contribution is -2.51. The molecule has 2 heterocycles. The summed E-state index contributed by atoms with van der Waals surface area (Å²) in [6.45, 7) is 6.76. The summed E-state index contributed by atoms with van der Waals surface area (Å²) in [5, 5.41) is 8.01. The number of nitrogens with zero attached hydrogens (tertiary/aromatic N) is 4. The van der Waals surface area contributed by atoms with Crippen molar-refractivity contribution in [1.29, 1.82) is 0 Å². The summed E-state index contributed by atoms with van der Waals surface area (Å²) in [6, 6.07) is 3.14. The van der Waals surface area contributed by atoms with Crippen molar-refractivity contribution in [2.75, 3.05) is 40.3 Å². The number of likely N-dealkylation sites (N-methyl/N-ethyl adjacent to an activating group) is 2. The van der Waals surface area contributed by atoms with E-state index in [9.17, 15) is 0 Å². The molecule has 20 heavy (non-hydrogen) atoms. The van der Waals surface area contributed by atoms with Gasteiger partial charge in [-0.3, -0.25) is 4.68 Å². The van der Waals surface area contributed by atoms with Crippen molar-refractivity contribution >= 4 is 0 Å². The fourth-order valence-electron chi connectivity index (χ4n) is 2.98. The van der Waals surface area contributed by atoms with Crippen LogP contribution in [0.3, 0.4) is 0 Å². The lowest BCUT2D eigenvalue weighted by atomic mass is 10.0. The molecule has 5 nitrogen and oxygen atoms in total. The Hall–Kier alpha value is -0.910. The maximum Gasteiger partial charge on any atom is 0.0550 e. The van der Waals surface area contributed by atoms with E-state index < -0.39 is 0 Å². The molecule has 1 fully saturated rings. The summed E-state index contributed by atoms with van der Waals surface area (Å²) in [5.41, 5.74) is 1.29. The minimum Gasteiger partial charge on any atom is -0.309 e. The van der Waals surface area contributed by atoms with E-state index in [0.717, 1.165) is 32.5 Å². The Kier molecular flexibility index (Phi) is 5.57. The zero-order valence-electron chi connectivity index (χ0n) is 13.3. The highest BCUT2D eigenvalue weighted by Crippen LogP contribution is 2.22. The Morgan fingerprint density at radius 3 is 2.80 bits per heavy atom. The predicted octanol–water partition coefficient (Wildman–Crippen LogP) is 1.10. The highest BCUT2D eigenvalue weighted by Gasteiger charge is 2.26. The van der Waals surface area contributed by atoms with Crippen LogP contribution in [0.15, 0.2) is 12.3 Å². The van der Waals surface area contributed by atoms with Crippen LogP contribution in [-0.2, 0) is 7.05 Å². The van der Waals surface area contributed by atoms with Gasteiger partial charge in [-0.25, -0.2) is 0 Å². The second-order valence-electron chi connectivity index (χ2n) is 6.02. The standard InChI is InChI=1S/C15H29N5/c1-5-7-16-14(15-6-8-17-20(15)4)11-13-12-18(2)9-10-19(13)3/h6,8,13-14,16H,5,7,9-12H2,1-4H3. The second-order valence-corrected chi connectivity index (χ2v) is 6.02. The minimum absolute atomic E-state index is 0.390. The van der Waals surface area contributed by atoms with E-state index in [4.69, 9.17) is 0 Å². The van der Waals surface area contributed by atoms with Gasteiger partial charge in [-0.2, -0.15) is 5.10 Å². The first kappa shape index (κ1) is 15.5. The zero-order valence-corrected chi connectivity index (χ0v) is 13.3. The molecule has 0 spiro atoms. The van der Waals surface area contributed by atoms with E-state index in [1.54, 1.807) is 0 Å². The molecule has 1 aliphatic rings. The Morgan fingerprint density at radius 2 is 2.15 bits per heavy atom. The third-order valence-electron chi connectivity index (χ3n) is 4.34. The monoisotopic (exact) mass is 279 g/mol. The first-order valence-corrected chi connectivity index (χ1v) is 7.72. The Bertz CT molecular complexity index is 403. The summed E-state index contributed by atoms with van der Waals surface area (Å²) in [6.07, 6.45) is 4.20. The summed E-state index contributed by atoms with van der Waals surface area (Å²) in [4.78, 5) is 4.93. The van der Waals surface area contributed by atoms with Gasteiger partial charge in [-0.15, -0.1) is 0 Å². The molecule has 0 aliphatic carbocycles. The van der Waals surface area contributed by atoms with Gasteiger partial charge in [0.2, 0.25) is 0 Å². The molecule has 1 saturated heterocycles. The number of rotatable bonds is 6. The van der Waals surface area contributed by atoms with Crippen LogP contribution < -0.4 is 5.32 Å². The summed E-state index contributed by atoms with van der Waals surface area (Å²) in [5.74, 6) is 0. The van der Waals surface area contributed by atoms with Crippen LogP contribution in [0.1, 0.15) is 31.5 Å². The Labute approximate surface area is 122 Å². The molecule has 1 aromatic heterocycles. The molecule has 1 N–H and O–H groups in total. The molecule has 2 rings (SSSR count). The van der Waals surface area contributed by atoms with Crippen LogP contribution in [-0.4, -0.2) is 65.9 Å². The molecule has 0 amide bonds. The van der Waals surface area contributed by atoms with Gasteiger partial charge in [-0.05, 0) is 39.5 Å². The van der Waals surface area contributed by atoms with Gasteiger partial charge in [-0.1, -0.05) is 6.92 Å². The Morgan fingerprint density at radius 1 is 1.35 bits per heavy atom. The highest BCUT2D eigenvalue weighted by molar-refractivity contribution is 5.07. The maximum atomic E-state index is 4.33. The fourth-order valence-corrected chi connectivity index (χ4v) is 2.98. The smallest absolute Gasteiger partial charge is 0.0550 e. The largest absolute Gasteiger partial charge is 0.309 e. The van der Waals surface area contributed by atoms with Gasteiger partial charge in [0, 0.05) is 38.9 Å². The third kappa shape index (κ3) is 3.81. The molecule has 114 valence electrons. The average molecular weight is 279 g/mol. The van der Waals surface area contributed by atoms with Crippen LogP contribution in [0.5, 0.6) is 0 Å². The number of aromatic nitrogens is 2. The molecule has 1 aliphatic heterocycles. The highest BCUT2D eigenvalue weighted by atomic mass is 15.3. The quantitative estimate of drug-likeness (QED) is 0.846. The Balaban J connectivity index is 2.05. The lowest BCUT2D eigenvalue weighted by molar-refractivity contribution is 0.100. The van der Waals surface area contributed by atoms with Crippen molar-refractivity contribution in [3.8, 4) is 0 Å². The van der Waals surface area contributed by atoms with Gasteiger partial charge >= 0.3 is 0 Å². The lowest BCUT2D eigenvalue weighted by Gasteiger charge is -2.39. The van der Waals surface area contributed by atoms with E-state index in [1.165, 1.54) is 12.2 Å². The summed E-state index contributed by atoms with van der Waals surface area (Å²) in [7, 11) is 6.50. The van der Waals surface area contributed by atoms with Crippen LogP contribution in [0, 0.1) is 0 Å². The fraction of sp³-hybridized carbons (Fsp3) is 0.800. The number of aryl methyl sites for hydroxylation is 1. The van der Waals surface area contributed by atoms with Crippen molar-refractivity contribution in [2.45, 2.75) is 31.8 Å². The molecule has 1 aromatic rings. The molecule has 5 heteroatoms. The van der Waals surface area contributed by atoms with E-state index in [2.05, 4.69) is 47.3 Å². The molecule has 0 aromatic carbocycles. The molecule has 0 saturated carbocycles. The molecular weight excluding hydrogens is 250 g/mol. The molecule has 0 radical (unpaired) electrons. The number of hydrogen-bond donors (Lipinski definition) is 1. The van der Waals surface area contributed by atoms with E-state index in [0.29, 0.717) is 12.1 Å². The van der Waals surface area contributed by atoms with Gasteiger partial charge < -0.3 is 15.1 Å². The number of piperazine rings is 1. The van der Waals surface area contributed by atoms with E-state index in [1.807, 2.05) is 17.9 Å². The van der Waals surface area contributed by atoms with Crippen LogP contribution in [0.25, 0.3) is 0 Å². The molecular formula is C15H29N5. The molecule has 0 bridgehead atoms. The molecule has 2 atom stereocenters. The van der Waals surface area contributed by atoms with Crippen molar-refractivity contribution in [3.63, 3.8) is 0 Å². The second kappa shape index (κ2) is 7.20. The number of hydrogen-bond acceptors (Lipinski definition) is 4. The van der Waals surface area contributed by atoms with Crippen LogP contribution >= 0.6 is 0 Å². The third-order valence-corrected chi connectivity index (χ3v) is 4.34. The van der Waals surface area contributed by atoms with Crippen molar-refractivity contribution in [3.05, 3.63) is 18.0 Å². The van der Waals surface area contributed by atoms with Gasteiger partial charge in [0.05, 0.1) is 11.7 Å². The van der Waals surface area contributed by atoms with Crippen LogP contribution in [0.2, 0.25) is 0 Å². The topological polar surface area (TPSA) is 36.3 Å². The maximum absolute atomic E-state index is 4.33. The first-order chi connectivity index (χ1) is 9.61. The van der Waals surface area contributed by atoms with Crippen molar-refractivity contribution in [1.82, 2.24) is 24.9 Å². The van der Waals surface area contributed by atoms with E-state index >= 15 is 0 Å². The average Bonchev–Trinajstić information content (AvgIpc) is 2.84.